The molecular weight excluding hydrogens is 238 g/mol. The molecule has 3 heteroatoms. The first-order valence-corrected chi connectivity index (χ1v) is 6.37. The first-order valence-electron chi connectivity index (χ1n) is 6.37. The lowest BCUT2D eigenvalue weighted by Crippen LogP contribution is -2.00. The molecule has 0 unspecified atom stereocenters. The van der Waals surface area contributed by atoms with Gasteiger partial charge in [-0.2, -0.15) is 0 Å². The van der Waals surface area contributed by atoms with Gasteiger partial charge in [0.25, 0.3) is 0 Å². The van der Waals surface area contributed by atoms with E-state index in [-0.39, 0.29) is 5.78 Å². The second kappa shape index (κ2) is 6.14. The maximum atomic E-state index is 11.5. The molecule has 1 aromatic heterocycles. The van der Waals surface area contributed by atoms with E-state index in [1.807, 2.05) is 44.2 Å². The van der Waals surface area contributed by atoms with Crippen molar-refractivity contribution in [3.8, 4) is 5.75 Å². The van der Waals surface area contributed by atoms with Crippen LogP contribution < -0.4 is 4.74 Å². The normalized spacial score (nSPS) is 10.2. The highest BCUT2D eigenvalue weighted by Crippen LogP contribution is 2.14. The monoisotopic (exact) mass is 255 g/mol. The number of rotatable bonds is 5. The minimum atomic E-state index is 0.145. The number of aryl methyl sites for hydroxylation is 1. The van der Waals surface area contributed by atoms with Crippen molar-refractivity contribution in [2.45, 2.75) is 26.9 Å². The average Bonchev–Trinajstić information content (AvgIpc) is 2.45. The van der Waals surface area contributed by atoms with E-state index in [1.54, 1.807) is 12.1 Å². The Morgan fingerprint density at radius 3 is 2.53 bits per heavy atom. The van der Waals surface area contributed by atoms with Gasteiger partial charge in [-0.15, -0.1) is 0 Å². The second-order valence-electron chi connectivity index (χ2n) is 4.36. The lowest BCUT2D eigenvalue weighted by atomic mass is 10.1. The third kappa shape index (κ3) is 3.65. The van der Waals surface area contributed by atoms with Crippen LogP contribution in [-0.4, -0.2) is 10.8 Å². The minimum absolute atomic E-state index is 0.145. The quantitative estimate of drug-likeness (QED) is 0.767. The Balaban J connectivity index is 1.98. The van der Waals surface area contributed by atoms with Gasteiger partial charge in [-0.3, -0.25) is 9.78 Å². The fourth-order valence-corrected chi connectivity index (χ4v) is 1.78. The first kappa shape index (κ1) is 13.3. The molecule has 0 spiro atoms. The Kier molecular flexibility index (Phi) is 4.29. The number of carbonyl (C=O) groups excluding carboxylic acids is 1. The van der Waals surface area contributed by atoms with E-state index in [0.29, 0.717) is 13.0 Å². The van der Waals surface area contributed by atoms with Gasteiger partial charge in [0, 0.05) is 17.7 Å². The van der Waals surface area contributed by atoms with Gasteiger partial charge >= 0.3 is 0 Å². The number of ether oxygens (including phenoxy) is 1. The summed E-state index contributed by atoms with van der Waals surface area (Å²) in [5.41, 5.74) is 2.60. The summed E-state index contributed by atoms with van der Waals surface area (Å²) in [5, 5.41) is 0. The lowest BCUT2D eigenvalue weighted by molar-refractivity contribution is 0.0988. The highest BCUT2D eigenvalue weighted by molar-refractivity contribution is 5.95. The molecular formula is C16H17NO2. The molecule has 0 saturated carbocycles. The third-order valence-electron chi connectivity index (χ3n) is 2.83. The number of Topliss-reactive ketones (excluding diaryl/α,β-unsaturated/α-hetero) is 1. The molecule has 0 atom stereocenters. The van der Waals surface area contributed by atoms with Crippen LogP contribution in [0, 0.1) is 6.92 Å². The molecule has 19 heavy (non-hydrogen) atoms. The van der Waals surface area contributed by atoms with E-state index in [0.717, 1.165) is 22.7 Å². The Labute approximate surface area is 113 Å². The molecule has 2 aromatic rings. The van der Waals surface area contributed by atoms with Gasteiger partial charge in [0.15, 0.2) is 5.78 Å². The predicted octanol–water partition coefficient (Wildman–Crippen LogP) is 3.56. The fourth-order valence-electron chi connectivity index (χ4n) is 1.78. The molecule has 0 radical (unpaired) electrons. The van der Waals surface area contributed by atoms with Crippen molar-refractivity contribution < 1.29 is 9.53 Å². The summed E-state index contributed by atoms with van der Waals surface area (Å²) < 4.78 is 5.64. The second-order valence-corrected chi connectivity index (χ2v) is 4.36. The summed E-state index contributed by atoms with van der Waals surface area (Å²) in [6.07, 6.45) is 0.521. The van der Waals surface area contributed by atoms with Crippen molar-refractivity contribution in [2.24, 2.45) is 0 Å². The van der Waals surface area contributed by atoms with Gasteiger partial charge in [-0.25, -0.2) is 0 Å². The molecule has 0 amide bonds. The number of aromatic nitrogens is 1. The molecule has 0 fully saturated rings. The average molecular weight is 255 g/mol. The molecule has 0 aliphatic carbocycles. The molecule has 98 valence electrons. The standard InChI is InChI=1S/C16H17NO2/c1-3-16(18)13-7-9-15(10-8-13)19-11-14-6-4-5-12(2)17-14/h4-10H,3,11H2,1-2H3. The fraction of sp³-hybridized carbons (Fsp3) is 0.250. The molecule has 2 rings (SSSR count). The van der Waals surface area contributed by atoms with Crippen molar-refractivity contribution in [3.05, 3.63) is 59.4 Å². The van der Waals surface area contributed by atoms with Crippen molar-refractivity contribution in [2.75, 3.05) is 0 Å². The van der Waals surface area contributed by atoms with Crippen molar-refractivity contribution in [3.63, 3.8) is 0 Å². The smallest absolute Gasteiger partial charge is 0.162 e. The van der Waals surface area contributed by atoms with Crippen molar-refractivity contribution >= 4 is 5.78 Å². The van der Waals surface area contributed by atoms with Gasteiger partial charge < -0.3 is 4.74 Å². The Bertz CT molecular complexity index is 561. The predicted molar refractivity (Wildman–Crippen MR) is 74.4 cm³/mol. The van der Waals surface area contributed by atoms with Crippen molar-refractivity contribution in [1.29, 1.82) is 0 Å². The van der Waals surface area contributed by atoms with Crippen LogP contribution in [0.3, 0.4) is 0 Å². The number of carbonyl (C=O) groups is 1. The summed E-state index contributed by atoms with van der Waals surface area (Å²) >= 11 is 0. The zero-order valence-electron chi connectivity index (χ0n) is 11.2. The molecule has 0 saturated heterocycles. The molecule has 0 aliphatic heterocycles. The molecule has 1 aromatic carbocycles. The summed E-state index contributed by atoms with van der Waals surface area (Å²) in [7, 11) is 0. The topological polar surface area (TPSA) is 39.2 Å². The van der Waals surface area contributed by atoms with E-state index >= 15 is 0 Å². The van der Waals surface area contributed by atoms with Crippen molar-refractivity contribution in [1.82, 2.24) is 4.98 Å². The van der Waals surface area contributed by atoms with Gasteiger partial charge in [0.05, 0.1) is 5.69 Å². The summed E-state index contributed by atoms with van der Waals surface area (Å²) in [6, 6.07) is 13.1. The largest absolute Gasteiger partial charge is 0.487 e. The van der Waals surface area contributed by atoms with Crippen LogP contribution in [0.15, 0.2) is 42.5 Å². The minimum Gasteiger partial charge on any atom is -0.487 e. The van der Waals surface area contributed by atoms with E-state index < -0.39 is 0 Å². The van der Waals surface area contributed by atoms with Crippen LogP contribution in [0.5, 0.6) is 5.75 Å². The number of hydrogen-bond donors (Lipinski definition) is 0. The highest BCUT2D eigenvalue weighted by atomic mass is 16.5. The Morgan fingerprint density at radius 2 is 1.89 bits per heavy atom. The van der Waals surface area contributed by atoms with Gasteiger partial charge in [-0.05, 0) is 43.3 Å². The lowest BCUT2D eigenvalue weighted by Gasteiger charge is -2.07. The van der Waals surface area contributed by atoms with Gasteiger partial charge in [0.2, 0.25) is 0 Å². The third-order valence-corrected chi connectivity index (χ3v) is 2.83. The van der Waals surface area contributed by atoms with Crippen LogP contribution in [0.4, 0.5) is 0 Å². The maximum Gasteiger partial charge on any atom is 0.162 e. The molecule has 1 heterocycles. The number of pyridine rings is 1. The van der Waals surface area contributed by atoms with Crippen LogP contribution in [0.25, 0.3) is 0 Å². The zero-order chi connectivity index (χ0) is 13.7. The number of nitrogens with zero attached hydrogens (tertiary/aromatic N) is 1. The number of hydrogen-bond acceptors (Lipinski definition) is 3. The number of benzene rings is 1. The van der Waals surface area contributed by atoms with E-state index in [9.17, 15) is 4.79 Å². The zero-order valence-corrected chi connectivity index (χ0v) is 11.2. The van der Waals surface area contributed by atoms with E-state index in [2.05, 4.69) is 4.98 Å². The summed E-state index contributed by atoms with van der Waals surface area (Å²) in [6.45, 7) is 4.24. The molecule has 0 aliphatic rings. The van der Waals surface area contributed by atoms with Crippen LogP contribution in [0.2, 0.25) is 0 Å². The van der Waals surface area contributed by atoms with Crippen LogP contribution in [0.1, 0.15) is 35.1 Å². The SMILES string of the molecule is CCC(=O)c1ccc(OCc2cccc(C)n2)cc1. The molecule has 3 nitrogen and oxygen atoms in total. The summed E-state index contributed by atoms with van der Waals surface area (Å²) in [4.78, 5) is 15.9. The van der Waals surface area contributed by atoms with Gasteiger partial charge in [-0.1, -0.05) is 13.0 Å². The Hall–Kier alpha value is -2.16. The van der Waals surface area contributed by atoms with E-state index in [4.69, 9.17) is 4.74 Å². The Morgan fingerprint density at radius 1 is 1.16 bits per heavy atom. The number of ketones is 1. The maximum absolute atomic E-state index is 11.5. The van der Waals surface area contributed by atoms with Gasteiger partial charge in [0.1, 0.15) is 12.4 Å². The van der Waals surface area contributed by atoms with Crippen LogP contribution in [-0.2, 0) is 6.61 Å². The molecule has 0 N–H and O–H groups in total. The highest BCUT2D eigenvalue weighted by Gasteiger charge is 2.03. The van der Waals surface area contributed by atoms with E-state index in [1.165, 1.54) is 0 Å². The first-order chi connectivity index (χ1) is 9.19. The summed E-state index contributed by atoms with van der Waals surface area (Å²) in [5.74, 6) is 0.892. The van der Waals surface area contributed by atoms with Crippen LogP contribution >= 0.6 is 0 Å². The molecule has 0 bridgehead atoms.